The molecule has 1 saturated heterocycles. The second-order valence-electron chi connectivity index (χ2n) is 7.30. The molecule has 4 heterocycles. The number of carbonyl (C=O) groups is 1. The highest BCUT2D eigenvalue weighted by molar-refractivity contribution is 7.22. The SMILES string of the molecule is Cc1cccc2sc(NC(=O)[C@H]3CCCN(c4ccc(-n5cncn5)nn4)C3)nc12. The van der Waals surface area contributed by atoms with Gasteiger partial charge in [-0.1, -0.05) is 23.5 Å². The molecule has 0 radical (unpaired) electrons. The van der Waals surface area contributed by atoms with Crippen LogP contribution in [0.3, 0.4) is 0 Å². The lowest BCUT2D eigenvalue weighted by atomic mass is 9.97. The minimum absolute atomic E-state index is 0.00334. The van der Waals surface area contributed by atoms with Gasteiger partial charge in [-0.3, -0.25) is 4.79 Å². The van der Waals surface area contributed by atoms with Crippen LogP contribution in [0.2, 0.25) is 0 Å². The van der Waals surface area contributed by atoms with Gasteiger partial charge in [-0.2, -0.15) is 5.10 Å². The Morgan fingerprint density at radius 3 is 2.83 bits per heavy atom. The Hall–Kier alpha value is -3.40. The van der Waals surface area contributed by atoms with Crippen molar-refractivity contribution in [2.75, 3.05) is 23.3 Å². The summed E-state index contributed by atoms with van der Waals surface area (Å²) >= 11 is 1.51. The number of anilines is 2. The largest absolute Gasteiger partial charge is 0.354 e. The first-order valence-corrected chi connectivity index (χ1v) is 10.6. The Morgan fingerprint density at radius 1 is 1.20 bits per heavy atom. The fourth-order valence-electron chi connectivity index (χ4n) is 3.68. The van der Waals surface area contributed by atoms with E-state index in [0.29, 0.717) is 17.5 Å². The van der Waals surface area contributed by atoms with E-state index in [9.17, 15) is 4.79 Å². The third-order valence-electron chi connectivity index (χ3n) is 5.26. The van der Waals surface area contributed by atoms with Crippen molar-refractivity contribution in [2.45, 2.75) is 19.8 Å². The molecule has 4 aromatic rings. The van der Waals surface area contributed by atoms with Gasteiger partial charge in [-0.15, -0.1) is 10.2 Å². The number of amides is 1. The molecule has 1 aromatic carbocycles. The number of nitrogens with zero attached hydrogens (tertiary/aromatic N) is 7. The minimum Gasteiger partial charge on any atom is -0.354 e. The Balaban J connectivity index is 1.27. The van der Waals surface area contributed by atoms with Gasteiger partial charge in [0.1, 0.15) is 12.7 Å². The van der Waals surface area contributed by atoms with Gasteiger partial charge < -0.3 is 10.2 Å². The number of thiazole rings is 1. The number of carbonyl (C=O) groups excluding carboxylic acids is 1. The number of rotatable bonds is 4. The molecule has 1 atom stereocenters. The molecule has 0 spiro atoms. The van der Waals surface area contributed by atoms with Gasteiger partial charge >= 0.3 is 0 Å². The quantitative estimate of drug-likeness (QED) is 0.542. The molecule has 0 bridgehead atoms. The van der Waals surface area contributed by atoms with E-state index in [1.165, 1.54) is 17.7 Å². The molecule has 9 nitrogen and oxygen atoms in total. The van der Waals surface area contributed by atoms with Crippen LogP contribution in [0.15, 0.2) is 43.0 Å². The number of aromatic nitrogens is 6. The maximum absolute atomic E-state index is 12.9. The Labute approximate surface area is 176 Å². The zero-order chi connectivity index (χ0) is 20.5. The summed E-state index contributed by atoms with van der Waals surface area (Å²) in [5.41, 5.74) is 2.06. The molecule has 1 N–H and O–H groups in total. The maximum Gasteiger partial charge on any atom is 0.231 e. The molecule has 3 aromatic heterocycles. The maximum atomic E-state index is 12.9. The van der Waals surface area contributed by atoms with Gasteiger partial charge in [0.05, 0.1) is 16.1 Å². The molecule has 1 aliphatic heterocycles. The normalized spacial score (nSPS) is 16.7. The highest BCUT2D eigenvalue weighted by Crippen LogP contribution is 2.29. The van der Waals surface area contributed by atoms with Crippen LogP contribution in [0.25, 0.3) is 16.0 Å². The number of aryl methyl sites for hydroxylation is 1. The van der Waals surface area contributed by atoms with Crippen LogP contribution in [0, 0.1) is 12.8 Å². The summed E-state index contributed by atoms with van der Waals surface area (Å²) in [6.07, 6.45) is 4.80. The monoisotopic (exact) mass is 420 g/mol. The van der Waals surface area contributed by atoms with E-state index in [-0.39, 0.29) is 11.8 Å². The zero-order valence-electron chi connectivity index (χ0n) is 16.4. The van der Waals surface area contributed by atoms with E-state index < -0.39 is 0 Å². The predicted octanol–water partition coefficient (Wildman–Crippen LogP) is 2.83. The van der Waals surface area contributed by atoms with Crippen LogP contribution in [-0.2, 0) is 4.79 Å². The lowest BCUT2D eigenvalue weighted by Crippen LogP contribution is -2.41. The molecular weight excluding hydrogens is 400 g/mol. The van der Waals surface area contributed by atoms with Gasteiger partial charge in [0.2, 0.25) is 5.91 Å². The average Bonchev–Trinajstić information content (AvgIpc) is 3.45. The van der Waals surface area contributed by atoms with E-state index in [1.54, 1.807) is 11.0 Å². The van der Waals surface area contributed by atoms with Crippen molar-refractivity contribution < 1.29 is 4.79 Å². The predicted molar refractivity (Wildman–Crippen MR) is 115 cm³/mol. The topological polar surface area (TPSA) is 102 Å². The first kappa shape index (κ1) is 18.6. The van der Waals surface area contributed by atoms with Gasteiger partial charge in [0, 0.05) is 13.1 Å². The second-order valence-corrected chi connectivity index (χ2v) is 8.34. The Morgan fingerprint density at radius 2 is 2.07 bits per heavy atom. The molecular formula is C20H20N8OS. The molecule has 1 fully saturated rings. The number of nitrogens with one attached hydrogen (secondary N) is 1. The smallest absolute Gasteiger partial charge is 0.231 e. The van der Waals surface area contributed by atoms with Crippen molar-refractivity contribution in [3.8, 4) is 5.82 Å². The average molecular weight is 421 g/mol. The highest BCUT2D eigenvalue weighted by Gasteiger charge is 2.27. The molecule has 30 heavy (non-hydrogen) atoms. The van der Waals surface area contributed by atoms with E-state index in [4.69, 9.17) is 0 Å². The number of fused-ring (bicyclic) bond motifs is 1. The number of benzene rings is 1. The van der Waals surface area contributed by atoms with Crippen LogP contribution in [0.5, 0.6) is 0 Å². The third-order valence-corrected chi connectivity index (χ3v) is 6.19. The second kappa shape index (κ2) is 7.79. The molecule has 10 heteroatoms. The van der Waals surface area contributed by atoms with Crippen LogP contribution in [0.4, 0.5) is 10.9 Å². The van der Waals surface area contributed by atoms with Crippen molar-refractivity contribution in [1.82, 2.24) is 29.9 Å². The van der Waals surface area contributed by atoms with E-state index in [1.807, 2.05) is 37.3 Å². The molecule has 1 aliphatic rings. The summed E-state index contributed by atoms with van der Waals surface area (Å²) in [5.74, 6) is 1.24. The van der Waals surface area contributed by atoms with E-state index in [2.05, 4.69) is 35.5 Å². The lowest BCUT2D eigenvalue weighted by Gasteiger charge is -2.32. The standard InChI is InChI=1S/C20H20N8OS/c1-13-4-2-6-15-18(13)23-20(30-15)24-19(29)14-5-3-9-27(10-14)16-7-8-17(26-25-16)28-12-21-11-22-28/h2,4,6-8,11-12,14H,3,5,9-10H2,1H3,(H,23,24,29)/t14-/m0/s1. The van der Waals surface area contributed by atoms with E-state index in [0.717, 1.165) is 41.0 Å². The number of hydrogen-bond donors (Lipinski definition) is 1. The molecule has 1 amide bonds. The summed E-state index contributed by atoms with van der Waals surface area (Å²) < 4.78 is 2.64. The third kappa shape index (κ3) is 3.61. The van der Waals surface area contributed by atoms with Gasteiger partial charge in [0.15, 0.2) is 16.8 Å². The summed E-state index contributed by atoms with van der Waals surface area (Å²) in [7, 11) is 0. The summed E-state index contributed by atoms with van der Waals surface area (Å²) in [6.45, 7) is 3.48. The number of para-hydroxylation sites is 1. The Bertz CT molecular complexity index is 1170. The van der Waals surface area contributed by atoms with Crippen molar-refractivity contribution in [1.29, 1.82) is 0 Å². The van der Waals surface area contributed by atoms with Crippen LogP contribution >= 0.6 is 11.3 Å². The van der Waals surface area contributed by atoms with Crippen LogP contribution < -0.4 is 10.2 Å². The molecule has 152 valence electrons. The molecule has 0 saturated carbocycles. The lowest BCUT2D eigenvalue weighted by molar-refractivity contribution is -0.120. The van der Waals surface area contributed by atoms with Crippen molar-refractivity contribution in [2.24, 2.45) is 5.92 Å². The minimum atomic E-state index is -0.122. The van der Waals surface area contributed by atoms with Crippen molar-refractivity contribution in [3.63, 3.8) is 0 Å². The zero-order valence-corrected chi connectivity index (χ0v) is 17.2. The summed E-state index contributed by atoms with van der Waals surface area (Å²) in [6, 6.07) is 9.82. The molecule has 0 unspecified atom stereocenters. The molecule has 0 aliphatic carbocycles. The van der Waals surface area contributed by atoms with E-state index >= 15 is 0 Å². The summed E-state index contributed by atoms with van der Waals surface area (Å²) in [5, 5.41) is 16.3. The Kier molecular flexibility index (Phi) is 4.83. The van der Waals surface area contributed by atoms with Crippen LogP contribution in [-0.4, -0.2) is 48.9 Å². The highest BCUT2D eigenvalue weighted by atomic mass is 32.1. The van der Waals surface area contributed by atoms with Gasteiger partial charge in [0.25, 0.3) is 0 Å². The number of piperidine rings is 1. The van der Waals surface area contributed by atoms with Gasteiger partial charge in [-0.25, -0.2) is 14.6 Å². The number of hydrogen-bond acceptors (Lipinski definition) is 8. The molecule has 5 rings (SSSR count). The van der Waals surface area contributed by atoms with Crippen LogP contribution in [0.1, 0.15) is 18.4 Å². The fourth-order valence-corrected chi connectivity index (χ4v) is 4.63. The van der Waals surface area contributed by atoms with Gasteiger partial charge in [-0.05, 0) is 43.5 Å². The van der Waals surface area contributed by atoms with Crippen molar-refractivity contribution >= 4 is 38.4 Å². The van der Waals surface area contributed by atoms with Crippen molar-refractivity contribution in [3.05, 3.63) is 48.5 Å². The first-order chi connectivity index (χ1) is 14.7. The summed E-state index contributed by atoms with van der Waals surface area (Å²) in [4.78, 5) is 23.5. The first-order valence-electron chi connectivity index (χ1n) is 9.78. The fraction of sp³-hybridized carbons (Fsp3) is 0.300.